The number of nitrogens with one attached hydrogen (secondary N) is 2. The van der Waals surface area contributed by atoms with E-state index in [0.717, 1.165) is 48.1 Å². The van der Waals surface area contributed by atoms with Gasteiger partial charge in [-0.3, -0.25) is 9.59 Å². The smallest absolute Gasteiger partial charge is 0.226 e. The van der Waals surface area contributed by atoms with Crippen molar-refractivity contribution >= 4 is 11.8 Å². The van der Waals surface area contributed by atoms with Crippen molar-refractivity contribution in [3.05, 3.63) is 71.8 Å². The first kappa shape index (κ1) is 20.3. The van der Waals surface area contributed by atoms with Gasteiger partial charge in [-0.05, 0) is 67.4 Å². The van der Waals surface area contributed by atoms with Crippen LogP contribution in [0.1, 0.15) is 62.1 Å². The van der Waals surface area contributed by atoms with Gasteiger partial charge in [-0.2, -0.15) is 0 Å². The Morgan fingerprint density at radius 3 is 1.77 bits per heavy atom. The van der Waals surface area contributed by atoms with Crippen LogP contribution in [0.2, 0.25) is 0 Å². The summed E-state index contributed by atoms with van der Waals surface area (Å²) >= 11 is 0. The Kier molecular flexibility index (Phi) is 5.56. The zero-order valence-corrected chi connectivity index (χ0v) is 18.1. The van der Waals surface area contributed by atoms with Crippen molar-refractivity contribution in [2.24, 2.45) is 23.2 Å². The lowest BCUT2D eigenvalue weighted by atomic mass is 9.49. The van der Waals surface area contributed by atoms with Crippen LogP contribution in [0, 0.1) is 23.2 Å². The molecule has 2 N–H and O–H groups in total. The van der Waals surface area contributed by atoms with E-state index in [2.05, 4.69) is 10.6 Å². The molecule has 0 atom stereocenters. The van der Waals surface area contributed by atoms with Crippen LogP contribution in [-0.2, 0) is 9.59 Å². The Balaban J connectivity index is 1.18. The van der Waals surface area contributed by atoms with E-state index in [4.69, 9.17) is 0 Å². The lowest BCUT2D eigenvalue weighted by Crippen LogP contribution is -2.53. The molecule has 4 nitrogen and oxygen atoms in total. The van der Waals surface area contributed by atoms with E-state index in [9.17, 15) is 9.59 Å². The van der Waals surface area contributed by atoms with E-state index in [-0.39, 0.29) is 23.3 Å². The maximum atomic E-state index is 13.1. The summed E-state index contributed by atoms with van der Waals surface area (Å²) in [5.41, 5.74) is 1.96. The summed E-state index contributed by atoms with van der Waals surface area (Å²) in [4.78, 5) is 25.9. The summed E-state index contributed by atoms with van der Waals surface area (Å²) in [6.45, 7) is 0.405. The second-order valence-corrected chi connectivity index (χ2v) is 10.0. The molecule has 31 heavy (non-hydrogen) atoms. The molecule has 4 saturated carbocycles. The van der Waals surface area contributed by atoms with Crippen molar-refractivity contribution in [2.75, 3.05) is 6.54 Å². The number of hydrogen-bond donors (Lipinski definition) is 2. The highest BCUT2D eigenvalue weighted by molar-refractivity contribution is 5.84. The van der Waals surface area contributed by atoms with E-state index in [0.29, 0.717) is 13.0 Å². The summed E-state index contributed by atoms with van der Waals surface area (Å²) in [6, 6.07) is 19.9. The Bertz CT molecular complexity index is 850. The van der Waals surface area contributed by atoms with E-state index in [1.54, 1.807) is 0 Å². The summed E-state index contributed by atoms with van der Waals surface area (Å²) in [7, 11) is 0. The van der Waals surface area contributed by atoms with Crippen LogP contribution in [0.3, 0.4) is 0 Å². The van der Waals surface area contributed by atoms with Crippen LogP contribution in [-0.4, -0.2) is 18.4 Å². The highest BCUT2D eigenvalue weighted by atomic mass is 16.2. The molecule has 0 saturated heterocycles. The van der Waals surface area contributed by atoms with Crippen LogP contribution < -0.4 is 10.6 Å². The topological polar surface area (TPSA) is 58.2 Å². The first-order valence-electron chi connectivity index (χ1n) is 11.8. The second kappa shape index (κ2) is 8.49. The van der Waals surface area contributed by atoms with Gasteiger partial charge in [0.1, 0.15) is 0 Å². The van der Waals surface area contributed by atoms with Gasteiger partial charge in [0.05, 0.1) is 6.04 Å². The van der Waals surface area contributed by atoms with Crippen molar-refractivity contribution in [3.63, 3.8) is 0 Å². The summed E-state index contributed by atoms with van der Waals surface area (Å²) < 4.78 is 0. The normalized spacial score (nSPS) is 28.5. The molecule has 2 aromatic carbocycles. The Labute approximate surface area is 184 Å². The predicted octanol–water partition coefficient (Wildman–Crippen LogP) is 4.61. The van der Waals surface area contributed by atoms with Crippen molar-refractivity contribution in [3.8, 4) is 0 Å². The van der Waals surface area contributed by atoms with Gasteiger partial charge in [0.25, 0.3) is 0 Å². The summed E-state index contributed by atoms with van der Waals surface area (Å²) in [5, 5.41) is 6.29. The first-order chi connectivity index (χ1) is 15.1. The van der Waals surface area contributed by atoms with Crippen LogP contribution in [0.25, 0.3) is 0 Å². The molecule has 0 spiro atoms. The molecule has 6 rings (SSSR count). The van der Waals surface area contributed by atoms with Gasteiger partial charge in [-0.1, -0.05) is 60.7 Å². The quantitative estimate of drug-likeness (QED) is 0.692. The SMILES string of the molecule is O=C(CCNC(=O)C12CC3CC(CC(C3)C1)C2)NC(c1ccccc1)c1ccccc1. The molecule has 0 heterocycles. The van der Waals surface area contributed by atoms with E-state index < -0.39 is 0 Å². The predicted molar refractivity (Wildman–Crippen MR) is 121 cm³/mol. The molecule has 2 aromatic rings. The van der Waals surface area contributed by atoms with Crippen LogP contribution >= 0.6 is 0 Å². The Morgan fingerprint density at radius 2 is 1.29 bits per heavy atom. The van der Waals surface area contributed by atoms with E-state index >= 15 is 0 Å². The molecule has 0 aromatic heterocycles. The molecule has 162 valence electrons. The third kappa shape index (κ3) is 4.26. The maximum Gasteiger partial charge on any atom is 0.226 e. The molecular weight excluding hydrogens is 384 g/mol. The average molecular weight is 417 g/mol. The number of carbonyl (C=O) groups excluding carboxylic acids is 2. The molecule has 4 heteroatoms. The van der Waals surface area contributed by atoms with Crippen LogP contribution in [0.15, 0.2) is 60.7 Å². The Morgan fingerprint density at radius 1 is 0.806 bits per heavy atom. The molecule has 4 aliphatic carbocycles. The van der Waals surface area contributed by atoms with Gasteiger partial charge < -0.3 is 10.6 Å². The van der Waals surface area contributed by atoms with Crippen LogP contribution in [0.5, 0.6) is 0 Å². The minimum atomic E-state index is -0.186. The van der Waals surface area contributed by atoms with Crippen molar-refractivity contribution < 1.29 is 9.59 Å². The summed E-state index contributed by atoms with van der Waals surface area (Å²) in [5.74, 6) is 2.40. The zero-order valence-electron chi connectivity index (χ0n) is 18.1. The fourth-order valence-electron chi connectivity index (χ4n) is 6.75. The molecule has 4 bridgehead atoms. The molecule has 4 fully saturated rings. The highest BCUT2D eigenvalue weighted by Crippen LogP contribution is 2.60. The van der Waals surface area contributed by atoms with Crippen molar-refractivity contribution in [1.82, 2.24) is 10.6 Å². The highest BCUT2D eigenvalue weighted by Gasteiger charge is 2.54. The molecule has 0 aliphatic heterocycles. The van der Waals surface area contributed by atoms with Gasteiger partial charge in [0.15, 0.2) is 0 Å². The number of amides is 2. The largest absolute Gasteiger partial charge is 0.355 e. The fourth-order valence-corrected chi connectivity index (χ4v) is 6.75. The van der Waals surface area contributed by atoms with Gasteiger partial charge in [0.2, 0.25) is 11.8 Å². The van der Waals surface area contributed by atoms with E-state index in [1.165, 1.54) is 19.3 Å². The third-order valence-corrected chi connectivity index (χ3v) is 7.73. The standard InChI is InChI=1S/C27H32N2O2/c30-24(29-25(22-7-3-1-4-8-22)23-9-5-2-6-10-23)11-12-28-26(31)27-16-19-13-20(17-27)15-21(14-19)18-27/h1-10,19-21,25H,11-18H2,(H,28,31)(H,29,30). The zero-order chi connectivity index (χ0) is 21.3. The van der Waals surface area contributed by atoms with Crippen molar-refractivity contribution in [1.29, 1.82) is 0 Å². The van der Waals surface area contributed by atoms with Gasteiger partial charge >= 0.3 is 0 Å². The number of hydrogen-bond acceptors (Lipinski definition) is 2. The number of rotatable bonds is 7. The first-order valence-corrected chi connectivity index (χ1v) is 11.8. The number of carbonyl (C=O) groups is 2. The molecule has 4 aliphatic rings. The third-order valence-electron chi connectivity index (χ3n) is 7.73. The lowest BCUT2D eigenvalue weighted by Gasteiger charge is -2.55. The maximum absolute atomic E-state index is 13.1. The summed E-state index contributed by atoms with van der Waals surface area (Å²) in [6.07, 6.45) is 7.46. The molecule has 0 radical (unpaired) electrons. The second-order valence-electron chi connectivity index (χ2n) is 10.0. The number of benzene rings is 2. The van der Waals surface area contributed by atoms with Crippen LogP contribution in [0.4, 0.5) is 0 Å². The minimum absolute atomic E-state index is 0.0384. The Hall–Kier alpha value is -2.62. The monoisotopic (exact) mass is 416 g/mol. The van der Waals surface area contributed by atoms with Gasteiger partial charge in [-0.25, -0.2) is 0 Å². The lowest BCUT2D eigenvalue weighted by molar-refractivity contribution is -0.146. The van der Waals surface area contributed by atoms with Gasteiger partial charge in [-0.15, -0.1) is 0 Å². The van der Waals surface area contributed by atoms with E-state index in [1.807, 2.05) is 60.7 Å². The minimum Gasteiger partial charge on any atom is -0.355 e. The molecular formula is C27H32N2O2. The fraction of sp³-hybridized carbons (Fsp3) is 0.481. The average Bonchev–Trinajstić information content (AvgIpc) is 2.78. The molecule has 2 amide bonds. The van der Waals surface area contributed by atoms with Crippen molar-refractivity contribution in [2.45, 2.75) is 51.0 Å². The van der Waals surface area contributed by atoms with Gasteiger partial charge in [0, 0.05) is 18.4 Å². The molecule has 0 unspecified atom stereocenters.